The Morgan fingerprint density at radius 3 is 3.08 bits per heavy atom. The number of hydrogen-bond donors (Lipinski definition) is 0. The molecule has 0 unspecified atom stereocenters. The Kier molecular flexibility index (Phi) is 4.72. The van der Waals surface area contributed by atoms with Gasteiger partial charge in [0.15, 0.2) is 5.78 Å². The summed E-state index contributed by atoms with van der Waals surface area (Å²) in [7, 11) is 1.55. The third kappa shape index (κ3) is 4.20. The lowest BCUT2D eigenvalue weighted by atomic mass is 10.1. The lowest BCUT2D eigenvalue weighted by molar-refractivity contribution is -0.122. The van der Waals surface area contributed by atoms with Crippen molar-refractivity contribution < 1.29 is 9.53 Å². The van der Waals surface area contributed by atoms with Crippen LogP contribution < -0.4 is 0 Å². The number of methoxy groups -OCH3 is 1. The first-order chi connectivity index (χ1) is 6.33. The van der Waals surface area contributed by atoms with E-state index in [0.29, 0.717) is 6.42 Å². The van der Waals surface area contributed by atoms with Crippen LogP contribution in [0.2, 0.25) is 0 Å². The number of ether oxygens (including phenoxy) is 1. The summed E-state index contributed by atoms with van der Waals surface area (Å²) in [5.41, 5.74) is 0. The van der Waals surface area contributed by atoms with Gasteiger partial charge in [-0.05, 0) is 24.3 Å². The van der Waals surface area contributed by atoms with Gasteiger partial charge in [0, 0.05) is 18.4 Å². The van der Waals surface area contributed by atoms with Crippen molar-refractivity contribution in [2.45, 2.75) is 19.3 Å². The lowest BCUT2D eigenvalue weighted by Gasteiger charge is -1.98. The zero-order valence-corrected chi connectivity index (χ0v) is 8.60. The van der Waals surface area contributed by atoms with E-state index in [0.717, 1.165) is 12.8 Å². The van der Waals surface area contributed by atoms with E-state index in [-0.39, 0.29) is 12.4 Å². The summed E-state index contributed by atoms with van der Waals surface area (Å²) in [6, 6.07) is 4.14. The molecule has 0 saturated carbocycles. The minimum atomic E-state index is 0.194. The second-order valence-electron chi connectivity index (χ2n) is 2.90. The molecule has 0 aromatic carbocycles. The summed E-state index contributed by atoms with van der Waals surface area (Å²) in [6.45, 7) is 0.254. The van der Waals surface area contributed by atoms with E-state index >= 15 is 0 Å². The maximum Gasteiger partial charge on any atom is 0.158 e. The van der Waals surface area contributed by atoms with Crippen LogP contribution in [0.1, 0.15) is 17.7 Å². The Hall–Kier alpha value is -0.670. The number of thiophene rings is 1. The van der Waals surface area contributed by atoms with E-state index in [9.17, 15) is 4.79 Å². The van der Waals surface area contributed by atoms with Crippen molar-refractivity contribution in [2.75, 3.05) is 13.7 Å². The number of hydrogen-bond acceptors (Lipinski definition) is 3. The van der Waals surface area contributed by atoms with Crippen molar-refractivity contribution in [3.63, 3.8) is 0 Å². The second-order valence-corrected chi connectivity index (χ2v) is 3.94. The maximum absolute atomic E-state index is 11.0. The molecule has 0 saturated heterocycles. The van der Waals surface area contributed by atoms with Gasteiger partial charge in [-0.2, -0.15) is 0 Å². The van der Waals surface area contributed by atoms with E-state index in [1.54, 1.807) is 18.4 Å². The Balaban J connectivity index is 2.11. The summed E-state index contributed by atoms with van der Waals surface area (Å²) in [5, 5.41) is 2.06. The minimum Gasteiger partial charge on any atom is -0.377 e. The second kappa shape index (κ2) is 5.89. The molecular weight excluding hydrogens is 184 g/mol. The molecule has 0 aliphatic rings. The fourth-order valence-electron chi connectivity index (χ4n) is 1.15. The molecule has 3 heteroatoms. The molecule has 1 heterocycles. The van der Waals surface area contributed by atoms with Crippen LogP contribution in [-0.2, 0) is 16.0 Å². The van der Waals surface area contributed by atoms with Gasteiger partial charge in [0.05, 0.1) is 0 Å². The quantitative estimate of drug-likeness (QED) is 0.701. The van der Waals surface area contributed by atoms with Crippen LogP contribution in [-0.4, -0.2) is 19.5 Å². The molecule has 0 bridgehead atoms. The summed E-state index contributed by atoms with van der Waals surface area (Å²) in [4.78, 5) is 12.4. The molecule has 0 aliphatic carbocycles. The van der Waals surface area contributed by atoms with Crippen molar-refractivity contribution in [1.82, 2.24) is 0 Å². The largest absolute Gasteiger partial charge is 0.377 e. The molecule has 13 heavy (non-hydrogen) atoms. The number of aryl methyl sites for hydroxylation is 1. The SMILES string of the molecule is COCC(=O)CCCc1cccs1. The Morgan fingerprint density at radius 2 is 2.46 bits per heavy atom. The molecule has 0 spiro atoms. The third-order valence-corrected chi connectivity index (χ3v) is 2.70. The van der Waals surface area contributed by atoms with E-state index in [2.05, 4.69) is 11.4 Å². The van der Waals surface area contributed by atoms with Crippen LogP contribution in [0.25, 0.3) is 0 Å². The van der Waals surface area contributed by atoms with Gasteiger partial charge in [0.2, 0.25) is 0 Å². The van der Waals surface area contributed by atoms with E-state index in [1.807, 2.05) is 6.07 Å². The summed E-state index contributed by atoms with van der Waals surface area (Å²) in [5.74, 6) is 0.194. The van der Waals surface area contributed by atoms with E-state index < -0.39 is 0 Å². The number of carbonyl (C=O) groups is 1. The average molecular weight is 198 g/mol. The standard InChI is InChI=1S/C10H14O2S/c1-12-8-9(11)4-2-5-10-6-3-7-13-10/h3,6-7H,2,4-5,8H2,1H3. The first-order valence-corrected chi connectivity index (χ1v) is 5.24. The predicted octanol–water partition coefficient (Wildman–Crippen LogP) is 2.29. The van der Waals surface area contributed by atoms with Crippen molar-refractivity contribution >= 4 is 17.1 Å². The molecule has 1 aromatic heterocycles. The van der Waals surface area contributed by atoms with Gasteiger partial charge < -0.3 is 4.74 Å². The van der Waals surface area contributed by atoms with Gasteiger partial charge in [0.1, 0.15) is 6.61 Å². The monoisotopic (exact) mass is 198 g/mol. The normalized spacial score (nSPS) is 10.2. The van der Waals surface area contributed by atoms with Crippen molar-refractivity contribution in [3.8, 4) is 0 Å². The molecule has 0 radical (unpaired) electrons. The predicted molar refractivity (Wildman–Crippen MR) is 54.1 cm³/mol. The topological polar surface area (TPSA) is 26.3 Å². The zero-order valence-electron chi connectivity index (χ0n) is 7.79. The smallest absolute Gasteiger partial charge is 0.158 e. The lowest BCUT2D eigenvalue weighted by Crippen LogP contribution is -2.06. The van der Waals surface area contributed by atoms with E-state index in [1.165, 1.54) is 4.88 Å². The van der Waals surface area contributed by atoms with Crippen LogP contribution in [0.5, 0.6) is 0 Å². The van der Waals surface area contributed by atoms with Gasteiger partial charge in [-0.3, -0.25) is 4.79 Å². The number of Topliss-reactive ketones (excluding diaryl/α,β-unsaturated/α-hetero) is 1. The number of rotatable bonds is 6. The first kappa shape index (κ1) is 10.4. The van der Waals surface area contributed by atoms with Gasteiger partial charge in [-0.15, -0.1) is 11.3 Å². The fraction of sp³-hybridized carbons (Fsp3) is 0.500. The molecule has 0 N–H and O–H groups in total. The highest BCUT2D eigenvalue weighted by Gasteiger charge is 2.01. The summed E-state index contributed by atoms with van der Waals surface area (Å²) < 4.78 is 4.74. The Labute approximate surface area is 82.5 Å². The average Bonchev–Trinajstić information content (AvgIpc) is 2.57. The highest BCUT2D eigenvalue weighted by Crippen LogP contribution is 2.11. The van der Waals surface area contributed by atoms with Gasteiger partial charge in [-0.1, -0.05) is 6.07 Å². The van der Waals surface area contributed by atoms with Crippen LogP contribution in [0, 0.1) is 0 Å². The zero-order chi connectivity index (χ0) is 9.52. The molecular formula is C10H14O2S. The fourth-order valence-corrected chi connectivity index (χ4v) is 1.90. The Morgan fingerprint density at radius 1 is 1.62 bits per heavy atom. The highest BCUT2D eigenvalue weighted by molar-refractivity contribution is 7.09. The highest BCUT2D eigenvalue weighted by atomic mass is 32.1. The van der Waals surface area contributed by atoms with E-state index in [4.69, 9.17) is 4.74 Å². The van der Waals surface area contributed by atoms with Gasteiger partial charge in [-0.25, -0.2) is 0 Å². The minimum absolute atomic E-state index is 0.194. The molecule has 72 valence electrons. The van der Waals surface area contributed by atoms with Crippen molar-refractivity contribution in [2.24, 2.45) is 0 Å². The molecule has 1 aromatic rings. The molecule has 0 fully saturated rings. The summed E-state index contributed by atoms with van der Waals surface area (Å²) >= 11 is 1.75. The van der Waals surface area contributed by atoms with Crippen LogP contribution >= 0.6 is 11.3 Å². The maximum atomic E-state index is 11.0. The molecule has 1 rings (SSSR count). The molecule has 0 atom stereocenters. The van der Waals surface area contributed by atoms with Crippen LogP contribution in [0.15, 0.2) is 17.5 Å². The van der Waals surface area contributed by atoms with Gasteiger partial charge in [0.25, 0.3) is 0 Å². The number of carbonyl (C=O) groups excluding carboxylic acids is 1. The Bertz CT molecular complexity index is 241. The first-order valence-electron chi connectivity index (χ1n) is 4.36. The molecule has 0 amide bonds. The third-order valence-electron chi connectivity index (χ3n) is 1.76. The van der Waals surface area contributed by atoms with Crippen molar-refractivity contribution in [3.05, 3.63) is 22.4 Å². The molecule has 0 aliphatic heterocycles. The van der Waals surface area contributed by atoms with Crippen molar-refractivity contribution in [1.29, 1.82) is 0 Å². The van der Waals surface area contributed by atoms with Gasteiger partial charge >= 0.3 is 0 Å². The number of ketones is 1. The summed E-state index contributed by atoms with van der Waals surface area (Å²) in [6.07, 6.45) is 2.57. The van der Waals surface area contributed by atoms with Crippen LogP contribution in [0.3, 0.4) is 0 Å². The van der Waals surface area contributed by atoms with Crippen LogP contribution in [0.4, 0.5) is 0 Å². The molecule has 2 nitrogen and oxygen atoms in total.